The Morgan fingerprint density at radius 3 is 1.38 bits per heavy atom. The van der Waals surface area contributed by atoms with E-state index in [1.54, 1.807) is 20.8 Å². The van der Waals surface area contributed by atoms with Crippen molar-refractivity contribution in [1.82, 2.24) is 0 Å². The zero-order chi connectivity index (χ0) is 7.00. The standard InChI is InChI=1S/C4H11NO2S/c1-4(2,3)8(5,6)7/h1-3H3,(H2,5,6,7)/p+1. The second-order valence-electron chi connectivity index (χ2n) is 2.73. The molecule has 0 aromatic rings. The molecule has 0 aliphatic heterocycles. The molecule has 8 heavy (non-hydrogen) atoms. The fourth-order valence-corrected chi connectivity index (χ4v) is 0. The molecule has 50 valence electrons. The molecule has 0 rings (SSSR count). The molecule has 0 radical (unpaired) electrons. The number of hydrogen-bond acceptors (Lipinski definition) is 2. The molecule has 0 bridgehead atoms. The van der Waals surface area contributed by atoms with Gasteiger partial charge in [-0.05, 0) is 20.8 Å². The third-order valence-electron chi connectivity index (χ3n) is 0.933. The molecular weight excluding hydrogens is 126 g/mol. The zero-order valence-corrected chi connectivity index (χ0v) is 6.25. The van der Waals surface area contributed by atoms with Crippen LogP contribution in [0.1, 0.15) is 20.8 Å². The Labute approximate surface area is 49.9 Å². The van der Waals surface area contributed by atoms with E-state index in [0.29, 0.717) is 0 Å². The third kappa shape index (κ3) is 1.79. The topological polar surface area (TPSA) is 61.8 Å². The lowest BCUT2D eigenvalue weighted by atomic mass is 10.3. The van der Waals surface area contributed by atoms with Crippen molar-refractivity contribution in [2.24, 2.45) is 0 Å². The largest absolute Gasteiger partial charge is 0.297 e. The van der Waals surface area contributed by atoms with E-state index >= 15 is 0 Å². The molecule has 0 heterocycles. The van der Waals surface area contributed by atoms with E-state index in [-0.39, 0.29) is 0 Å². The van der Waals surface area contributed by atoms with Crippen LogP contribution in [-0.2, 0) is 10.0 Å². The van der Waals surface area contributed by atoms with Crippen LogP contribution < -0.4 is 5.14 Å². The van der Waals surface area contributed by atoms with Crippen LogP contribution >= 0.6 is 0 Å². The summed E-state index contributed by atoms with van der Waals surface area (Å²) in [5.74, 6) is 0. The Hall–Kier alpha value is -0.0900. The molecule has 0 saturated heterocycles. The maximum atomic E-state index is 10.5. The Bertz CT molecular complexity index is 163. The molecule has 0 amide bonds. The molecule has 0 spiro atoms. The minimum absolute atomic E-state index is 0.701. The van der Waals surface area contributed by atoms with Gasteiger partial charge in [0.25, 0.3) is 10.0 Å². The lowest BCUT2D eigenvalue weighted by Crippen LogP contribution is -2.63. The summed E-state index contributed by atoms with van der Waals surface area (Å²) in [6.07, 6.45) is 0. The highest BCUT2D eigenvalue weighted by molar-refractivity contribution is 7.85. The van der Waals surface area contributed by atoms with E-state index in [1.807, 2.05) is 0 Å². The van der Waals surface area contributed by atoms with Crippen LogP contribution in [0.2, 0.25) is 0 Å². The average Bonchev–Trinajstić information content (AvgIpc) is 1.25. The van der Waals surface area contributed by atoms with Gasteiger partial charge in [0.15, 0.2) is 0 Å². The molecule has 0 aromatic carbocycles. The monoisotopic (exact) mass is 138 g/mol. The summed E-state index contributed by atoms with van der Waals surface area (Å²) in [4.78, 5) is 0. The van der Waals surface area contributed by atoms with E-state index in [0.717, 1.165) is 0 Å². The molecule has 4 heteroatoms. The zero-order valence-electron chi connectivity index (χ0n) is 5.43. The normalized spacial score (nSPS) is 14.0. The summed E-state index contributed by atoms with van der Waals surface area (Å²) in [6, 6.07) is 0. The van der Waals surface area contributed by atoms with E-state index < -0.39 is 14.8 Å². The smallest absolute Gasteiger partial charge is 0.252 e. The quantitative estimate of drug-likeness (QED) is 0.484. The fourth-order valence-electron chi connectivity index (χ4n) is 0. The van der Waals surface area contributed by atoms with Gasteiger partial charge in [0.1, 0.15) is 4.75 Å². The lowest BCUT2D eigenvalue weighted by molar-refractivity contribution is -0.169. The highest BCUT2D eigenvalue weighted by Crippen LogP contribution is 2.07. The summed E-state index contributed by atoms with van der Waals surface area (Å²) in [6.45, 7) is 4.86. The van der Waals surface area contributed by atoms with Crippen LogP contribution in [0, 0.1) is 0 Å². The van der Waals surface area contributed by atoms with E-state index in [1.165, 1.54) is 0 Å². The maximum Gasteiger partial charge on any atom is 0.297 e. The molecule has 0 saturated carbocycles. The van der Waals surface area contributed by atoms with Gasteiger partial charge in [-0.3, -0.25) is 5.14 Å². The van der Waals surface area contributed by atoms with Crippen LogP contribution in [-0.4, -0.2) is 13.2 Å². The predicted molar refractivity (Wildman–Crippen MR) is 31.6 cm³/mol. The van der Waals surface area contributed by atoms with Gasteiger partial charge in [-0.2, -0.15) is 8.42 Å². The Morgan fingerprint density at radius 2 is 1.38 bits per heavy atom. The Kier molecular flexibility index (Phi) is 1.68. The summed E-state index contributed by atoms with van der Waals surface area (Å²) in [5, 5.41) is 3.01. The maximum absolute atomic E-state index is 10.5. The molecule has 3 N–H and O–H groups in total. The van der Waals surface area contributed by atoms with Crippen molar-refractivity contribution in [2.45, 2.75) is 25.5 Å². The second-order valence-corrected chi connectivity index (χ2v) is 5.18. The van der Waals surface area contributed by atoms with Gasteiger partial charge < -0.3 is 0 Å². The van der Waals surface area contributed by atoms with Gasteiger partial charge in [-0.25, -0.2) is 0 Å². The van der Waals surface area contributed by atoms with Crippen molar-refractivity contribution in [2.75, 3.05) is 0 Å². The van der Waals surface area contributed by atoms with Gasteiger partial charge >= 0.3 is 0 Å². The molecule has 0 atom stereocenters. The summed E-state index contributed by atoms with van der Waals surface area (Å²) in [5.41, 5.74) is 0. The van der Waals surface area contributed by atoms with Gasteiger partial charge in [-0.15, -0.1) is 0 Å². The lowest BCUT2D eigenvalue weighted by Gasteiger charge is -2.10. The van der Waals surface area contributed by atoms with Crippen LogP contribution in [0.15, 0.2) is 0 Å². The van der Waals surface area contributed by atoms with Crippen molar-refractivity contribution in [3.05, 3.63) is 0 Å². The molecule has 0 aliphatic rings. The number of sulfonamides is 1. The first kappa shape index (κ1) is 7.91. The molecule has 0 aromatic heterocycles. The molecule has 3 nitrogen and oxygen atoms in total. The first-order valence-corrected chi connectivity index (χ1v) is 3.98. The minimum atomic E-state index is -3.09. The number of hydrogen-bond donors (Lipinski definition) is 1. The minimum Gasteiger partial charge on any atom is -0.252 e. The van der Waals surface area contributed by atoms with Gasteiger partial charge in [0.2, 0.25) is 0 Å². The predicted octanol–water partition coefficient (Wildman–Crippen LogP) is -0.643. The summed E-state index contributed by atoms with van der Waals surface area (Å²) < 4.78 is 20.4. The van der Waals surface area contributed by atoms with Crippen LogP contribution in [0.4, 0.5) is 0 Å². The molecule has 0 fully saturated rings. The highest BCUT2D eigenvalue weighted by atomic mass is 32.2. The number of rotatable bonds is 0. The van der Waals surface area contributed by atoms with Gasteiger partial charge in [0, 0.05) is 0 Å². The summed E-state index contributed by atoms with van der Waals surface area (Å²) >= 11 is 0. The van der Waals surface area contributed by atoms with Crippen LogP contribution in [0.25, 0.3) is 0 Å². The van der Waals surface area contributed by atoms with E-state index in [2.05, 4.69) is 5.14 Å². The van der Waals surface area contributed by atoms with Crippen molar-refractivity contribution < 1.29 is 13.6 Å². The van der Waals surface area contributed by atoms with Crippen molar-refractivity contribution in [1.29, 1.82) is 0 Å². The number of quaternary nitrogens is 1. The van der Waals surface area contributed by atoms with Crippen molar-refractivity contribution >= 4 is 10.0 Å². The Balaban J connectivity index is 4.53. The average molecular weight is 138 g/mol. The van der Waals surface area contributed by atoms with Gasteiger partial charge in [-0.1, -0.05) is 0 Å². The first-order valence-electron chi connectivity index (χ1n) is 2.33. The molecular formula is C4H12NO2S+. The Morgan fingerprint density at radius 1 is 1.25 bits per heavy atom. The van der Waals surface area contributed by atoms with Crippen molar-refractivity contribution in [3.8, 4) is 0 Å². The molecule has 0 aliphatic carbocycles. The SMILES string of the molecule is CC(C)(C)S([NH3+])(=O)=O. The second kappa shape index (κ2) is 1.70. The van der Waals surface area contributed by atoms with E-state index in [9.17, 15) is 8.42 Å². The van der Waals surface area contributed by atoms with Crippen LogP contribution in [0.3, 0.4) is 0 Å². The van der Waals surface area contributed by atoms with Gasteiger partial charge in [0.05, 0.1) is 0 Å². The fraction of sp³-hybridized carbons (Fsp3) is 1.00. The molecule has 0 unspecified atom stereocenters. The van der Waals surface area contributed by atoms with Crippen LogP contribution in [0.5, 0.6) is 0 Å². The third-order valence-corrected chi connectivity index (χ3v) is 2.80. The first-order chi connectivity index (χ1) is 3.25. The van der Waals surface area contributed by atoms with E-state index in [4.69, 9.17) is 0 Å². The van der Waals surface area contributed by atoms with Crippen molar-refractivity contribution in [3.63, 3.8) is 0 Å². The highest BCUT2D eigenvalue weighted by Gasteiger charge is 2.27. The summed E-state index contributed by atoms with van der Waals surface area (Å²) in [7, 11) is -3.09.